The molecule has 0 aliphatic carbocycles. The van der Waals surface area contributed by atoms with Crippen molar-refractivity contribution in [3.63, 3.8) is 0 Å². The molecule has 1 amide bonds. The van der Waals surface area contributed by atoms with Crippen molar-refractivity contribution in [1.29, 1.82) is 0 Å². The third-order valence-corrected chi connectivity index (χ3v) is 2.76. The second-order valence-corrected chi connectivity index (χ2v) is 4.87. The van der Waals surface area contributed by atoms with Gasteiger partial charge in [0.05, 0.1) is 5.92 Å². The average molecular weight is 243 g/mol. The molecule has 0 saturated heterocycles. The zero-order valence-electron chi connectivity index (χ0n) is 11.2. The highest BCUT2D eigenvalue weighted by molar-refractivity contribution is 6.02. The van der Waals surface area contributed by atoms with Crippen LogP contribution in [0.5, 0.6) is 0 Å². The summed E-state index contributed by atoms with van der Waals surface area (Å²) in [6.45, 7) is 8.11. The van der Waals surface area contributed by atoms with E-state index in [0.717, 1.165) is 12.8 Å². The Morgan fingerprint density at radius 2 is 1.94 bits per heavy atom. The van der Waals surface area contributed by atoms with Crippen LogP contribution in [-0.2, 0) is 4.79 Å². The molecule has 5 nitrogen and oxygen atoms in total. The third kappa shape index (κ3) is 6.14. The van der Waals surface area contributed by atoms with E-state index in [-0.39, 0.29) is 17.8 Å². The fourth-order valence-corrected chi connectivity index (χ4v) is 1.60. The van der Waals surface area contributed by atoms with Gasteiger partial charge in [-0.15, -0.1) is 0 Å². The molecule has 5 heteroatoms. The van der Waals surface area contributed by atoms with Gasteiger partial charge in [-0.05, 0) is 32.1 Å². The van der Waals surface area contributed by atoms with E-state index in [1.165, 1.54) is 0 Å². The highest BCUT2D eigenvalue weighted by Crippen LogP contribution is 2.08. The van der Waals surface area contributed by atoms with E-state index >= 15 is 0 Å². The Bertz CT molecular complexity index is 264. The van der Waals surface area contributed by atoms with Gasteiger partial charge in [-0.3, -0.25) is 4.79 Å². The molecule has 0 aromatic heterocycles. The maximum atomic E-state index is 11.8. The molecule has 0 heterocycles. The molecule has 0 spiro atoms. The summed E-state index contributed by atoms with van der Waals surface area (Å²) < 4.78 is 0. The first-order valence-corrected chi connectivity index (χ1v) is 6.20. The van der Waals surface area contributed by atoms with Crippen LogP contribution < -0.4 is 11.1 Å². The lowest BCUT2D eigenvalue weighted by Crippen LogP contribution is -2.42. The Morgan fingerprint density at radius 1 is 1.35 bits per heavy atom. The van der Waals surface area contributed by atoms with E-state index < -0.39 is 5.92 Å². The summed E-state index contributed by atoms with van der Waals surface area (Å²) in [5.74, 6) is -0.109. The number of nitrogens with zero attached hydrogens (tertiary/aromatic N) is 1. The summed E-state index contributed by atoms with van der Waals surface area (Å²) in [7, 11) is 0. The van der Waals surface area contributed by atoms with Crippen LogP contribution in [0.2, 0.25) is 0 Å². The van der Waals surface area contributed by atoms with Crippen molar-refractivity contribution in [2.45, 2.75) is 53.0 Å². The molecule has 0 fully saturated rings. The van der Waals surface area contributed by atoms with Gasteiger partial charge in [0, 0.05) is 6.04 Å². The zero-order chi connectivity index (χ0) is 13.4. The minimum atomic E-state index is -0.540. The lowest BCUT2D eigenvalue weighted by molar-refractivity contribution is -0.123. The quantitative estimate of drug-likeness (QED) is 0.275. The highest BCUT2D eigenvalue weighted by atomic mass is 16.4. The first-order chi connectivity index (χ1) is 7.92. The van der Waals surface area contributed by atoms with Crippen LogP contribution in [0.3, 0.4) is 0 Å². The van der Waals surface area contributed by atoms with Crippen LogP contribution in [-0.4, -0.2) is 23.0 Å². The van der Waals surface area contributed by atoms with Gasteiger partial charge in [-0.1, -0.05) is 25.9 Å². The predicted molar refractivity (Wildman–Crippen MR) is 68.9 cm³/mol. The molecule has 0 aromatic rings. The molecule has 0 aliphatic rings. The molecule has 17 heavy (non-hydrogen) atoms. The van der Waals surface area contributed by atoms with Crippen molar-refractivity contribution in [3.05, 3.63) is 0 Å². The molecule has 100 valence electrons. The van der Waals surface area contributed by atoms with Gasteiger partial charge < -0.3 is 16.3 Å². The van der Waals surface area contributed by atoms with Crippen molar-refractivity contribution in [3.8, 4) is 0 Å². The van der Waals surface area contributed by atoms with Crippen LogP contribution in [0.1, 0.15) is 47.0 Å². The van der Waals surface area contributed by atoms with Crippen molar-refractivity contribution >= 4 is 11.7 Å². The average Bonchev–Trinajstić information content (AvgIpc) is 2.26. The number of amidine groups is 1. The Balaban J connectivity index is 4.22. The zero-order valence-corrected chi connectivity index (χ0v) is 11.2. The summed E-state index contributed by atoms with van der Waals surface area (Å²) in [4.78, 5) is 11.8. The van der Waals surface area contributed by atoms with Gasteiger partial charge in [0.25, 0.3) is 0 Å². The number of hydrogen-bond donors (Lipinski definition) is 3. The van der Waals surface area contributed by atoms with Crippen LogP contribution in [0, 0.1) is 11.8 Å². The second-order valence-electron chi connectivity index (χ2n) is 4.87. The molecule has 0 aliphatic heterocycles. The Labute approximate surface area is 103 Å². The fourth-order valence-electron chi connectivity index (χ4n) is 1.60. The molecule has 0 rings (SSSR count). The molecule has 2 atom stereocenters. The molecular weight excluding hydrogens is 218 g/mol. The van der Waals surface area contributed by atoms with Crippen molar-refractivity contribution in [1.82, 2.24) is 5.32 Å². The largest absolute Gasteiger partial charge is 0.409 e. The van der Waals surface area contributed by atoms with E-state index in [1.807, 2.05) is 13.8 Å². The number of hydrogen-bond acceptors (Lipinski definition) is 3. The summed E-state index contributed by atoms with van der Waals surface area (Å²) >= 11 is 0. The molecular formula is C12H25N3O2. The first kappa shape index (κ1) is 15.7. The van der Waals surface area contributed by atoms with Crippen LogP contribution >= 0.6 is 0 Å². The van der Waals surface area contributed by atoms with Gasteiger partial charge in [-0.25, -0.2) is 0 Å². The van der Waals surface area contributed by atoms with Crippen molar-refractivity contribution in [2.75, 3.05) is 0 Å². The predicted octanol–water partition coefficient (Wildman–Crippen LogP) is 1.70. The van der Waals surface area contributed by atoms with E-state index in [0.29, 0.717) is 12.3 Å². The number of nitrogens with one attached hydrogen (secondary N) is 1. The van der Waals surface area contributed by atoms with E-state index in [9.17, 15) is 4.79 Å². The molecule has 0 radical (unpaired) electrons. The summed E-state index contributed by atoms with van der Waals surface area (Å²) in [6.07, 6.45) is 2.54. The van der Waals surface area contributed by atoms with Crippen LogP contribution in [0.25, 0.3) is 0 Å². The molecule has 0 bridgehead atoms. The van der Waals surface area contributed by atoms with Gasteiger partial charge in [0.1, 0.15) is 0 Å². The van der Waals surface area contributed by atoms with E-state index in [4.69, 9.17) is 10.9 Å². The summed E-state index contributed by atoms with van der Waals surface area (Å²) in [5, 5.41) is 14.4. The van der Waals surface area contributed by atoms with Crippen LogP contribution in [0.4, 0.5) is 0 Å². The monoisotopic (exact) mass is 243 g/mol. The summed E-state index contributed by atoms with van der Waals surface area (Å²) in [5.41, 5.74) is 5.47. The first-order valence-electron chi connectivity index (χ1n) is 6.20. The number of carbonyl (C=O) groups is 1. The number of rotatable bonds is 7. The lowest BCUT2D eigenvalue weighted by atomic mass is 10.0. The van der Waals surface area contributed by atoms with E-state index in [2.05, 4.69) is 24.3 Å². The van der Waals surface area contributed by atoms with Gasteiger partial charge in [0.2, 0.25) is 5.91 Å². The Kier molecular flexibility index (Phi) is 7.34. The lowest BCUT2D eigenvalue weighted by Gasteiger charge is -2.19. The topological polar surface area (TPSA) is 87.7 Å². The Hall–Kier alpha value is -1.26. The third-order valence-electron chi connectivity index (χ3n) is 2.76. The summed E-state index contributed by atoms with van der Waals surface area (Å²) in [6, 6.07) is 0.116. The molecule has 0 aromatic carbocycles. The molecule has 2 unspecified atom stereocenters. The van der Waals surface area contributed by atoms with Gasteiger partial charge in [0.15, 0.2) is 5.84 Å². The number of nitrogens with two attached hydrogens (primary N) is 1. The van der Waals surface area contributed by atoms with Crippen molar-refractivity contribution in [2.24, 2.45) is 22.7 Å². The normalized spacial score (nSPS) is 15.7. The van der Waals surface area contributed by atoms with Crippen LogP contribution in [0.15, 0.2) is 5.16 Å². The Morgan fingerprint density at radius 3 is 2.35 bits per heavy atom. The second kappa shape index (κ2) is 7.92. The van der Waals surface area contributed by atoms with Gasteiger partial charge >= 0.3 is 0 Å². The minimum absolute atomic E-state index is 0.0268. The number of carbonyl (C=O) groups excluding carboxylic acids is 1. The number of amides is 1. The standard InChI is InChI=1S/C12H25N3O2/c1-5-10(11(13)15-17)12(16)14-9(4)7-6-8(2)3/h8-10,17H,5-7H2,1-4H3,(H2,13,15)(H,14,16). The smallest absolute Gasteiger partial charge is 0.231 e. The van der Waals surface area contributed by atoms with E-state index in [1.54, 1.807) is 0 Å². The maximum Gasteiger partial charge on any atom is 0.231 e. The SMILES string of the molecule is CCC(C(=O)NC(C)CCC(C)C)C(N)=NO. The fraction of sp³-hybridized carbons (Fsp3) is 0.833. The highest BCUT2D eigenvalue weighted by Gasteiger charge is 2.22. The minimum Gasteiger partial charge on any atom is -0.409 e. The molecule has 0 saturated carbocycles. The maximum absolute atomic E-state index is 11.8. The molecule has 4 N–H and O–H groups in total. The number of oxime groups is 1. The van der Waals surface area contributed by atoms with Crippen molar-refractivity contribution < 1.29 is 10.0 Å². The van der Waals surface area contributed by atoms with Gasteiger partial charge in [-0.2, -0.15) is 0 Å².